The molecule has 3 nitrogen and oxygen atoms in total. The minimum atomic E-state index is 0.613. The number of hydrogen-bond acceptors (Lipinski definition) is 3. The maximum atomic E-state index is 5.72. The highest BCUT2D eigenvalue weighted by molar-refractivity contribution is 4.75. The van der Waals surface area contributed by atoms with Crippen LogP contribution >= 0.6 is 0 Å². The highest BCUT2D eigenvalue weighted by atomic mass is 16.5. The largest absolute Gasteiger partial charge is 0.381 e. The Hall–Kier alpha value is -0.120. The summed E-state index contributed by atoms with van der Waals surface area (Å²) in [6.07, 6.45) is 1.19. The molecule has 3 heteroatoms. The predicted octanol–water partition coefficient (Wildman–Crippen LogP) is 0.159. The molecule has 0 saturated carbocycles. The summed E-state index contributed by atoms with van der Waals surface area (Å²) in [4.78, 5) is 2.20. The van der Waals surface area contributed by atoms with E-state index in [9.17, 15) is 0 Å². The van der Waals surface area contributed by atoms with Gasteiger partial charge in [0, 0.05) is 19.8 Å². The molecule has 0 aromatic carbocycles. The third kappa shape index (κ3) is 2.73. The van der Waals surface area contributed by atoms with Crippen molar-refractivity contribution in [3.63, 3.8) is 0 Å². The van der Waals surface area contributed by atoms with Crippen LogP contribution < -0.4 is 5.73 Å². The predicted molar refractivity (Wildman–Crippen MR) is 50.0 cm³/mol. The van der Waals surface area contributed by atoms with Gasteiger partial charge in [-0.2, -0.15) is 0 Å². The molecule has 72 valence electrons. The lowest BCUT2D eigenvalue weighted by molar-refractivity contribution is 0.164. The smallest absolute Gasteiger partial charge is 0.0498 e. The second-order valence-electron chi connectivity index (χ2n) is 3.88. The van der Waals surface area contributed by atoms with Gasteiger partial charge in [-0.15, -0.1) is 0 Å². The molecule has 0 aliphatic carbocycles. The first-order valence-electron chi connectivity index (χ1n) is 4.66. The summed E-state index contributed by atoms with van der Waals surface area (Å²) in [6, 6.07) is 0. The molecule has 0 radical (unpaired) electrons. The molecule has 0 spiro atoms. The summed E-state index contributed by atoms with van der Waals surface area (Å²) in [7, 11) is 4.19. The second-order valence-corrected chi connectivity index (χ2v) is 3.88. The zero-order valence-corrected chi connectivity index (χ0v) is 8.12. The van der Waals surface area contributed by atoms with E-state index in [-0.39, 0.29) is 0 Å². The Morgan fingerprint density at radius 3 is 2.75 bits per heavy atom. The van der Waals surface area contributed by atoms with Gasteiger partial charge in [0.25, 0.3) is 0 Å². The van der Waals surface area contributed by atoms with Crippen LogP contribution in [0.1, 0.15) is 6.42 Å². The molecule has 1 aliphatic heterocycles. The Morgan fingerprint density at radius 2 is 2.33 bits per heavy atom. The fourth-order valence-corrected chi connectivity index (χ4v) is 1.81. The Bertz CT molecular complexity index is 122. The molecule has 12 heavy (non-hydrogen) atoms. The zero-order valence-electron chi connectivity index (χ0n) is 8.12. The van der Waals surface area contributed by atoms with Gasteiger partial charge < -0.3 is 15.4 Å². The molecular weight excluding hydrogens is 152 g/mol. The van der Waals surface area contributed by atoms with Crippen molar-refractivity contribution in [1.82, 2.24) is 4.90 Å². The standard InChI is InChI=1S/C9H20N2O/c1-11(2)6-9(5-10)8-3-4-12-7-8/h8-9H,3-7,10H2,1-2H3. The lowest BCUT2D eigenvalue weighted by Crippen LogP contribution is -2.33. The average Bonchev–Trinajstić information content (AvgIpc) is 2.51. The number of rotatable bonds is 4. The van der Waals surface area contributed by atoms with Crippen LogP contribution in [0.2, 0.25) is 0 Å². The zero-order chi connectivity index (χ0) is 8.97. The summed E-state index contributed by atoms with van der Waals surface area (Å²) in [5.74, 6) is 1.31. The van der Waals surface area contributed by atoms with Crippen molar-refractivity contribution >= 4 is 0 Å². The van der Waals surface area contributed by atoms with Crippen molar-refractivity contribution in [2.75, 3.05) is 40.4 Å². The van der Waals surface area contributed by atoms with Crippen LogP contribution in [0, 0.1) is 11.8 Å². The van der Waals surface area contributed by atoms with Crippen molar-refractivity contribution in [3.05, 3.63) is 0 Å². The summed E-state index contributed by atoms with van der Waals surface area (Å²) < 4.78 is 5.35. The summed E-state index contributed by atoms with van der Waals surface area (Å²) in [6.45, 7) is 3.71. The molecule has 0 aromatic heterocycles. The number of nitrogens with two attached hydrogens (primary N) is 1. The fraction of sp³-hybridized carbons (Fsp3) is 1.00. The molecular formula is C9H20N2O. The van der Waals surface area contributed by atoms with Crippen molar-refractivity contribution in [2.24, 2.45) is 17.6 Å². The van der Waals surface area contributed by atoms with Crippen molar-refractivity contribution in [2.45, 2.75) is 6.42 Å². The summed E-state index contributed by atoms with van der Waals surface area (Å²) in [5.41, 5.74) is 5.72. The molecule has 2 atom stereocenters. The third-order valence-corrected chi connectivity index (χ3v) is 2.53. The van der Waals surface area contributed by atoms with E-state index in [0.29, 0.717) is 11.8 Å². The van der Waals surface area contributed by atoms with Gasteiger partial charge >= 0.3 is 0 Å². The molecule has 2 unspecified atom stereocenters. The first-order valence-corrected chi connectivity index (χ1v) is 4.66. The van der Waals surface area contributed by atoms with Crippen LogP contribution in [0.15, 0.2) is 0 Å². The molecule has 0 amide bonds. The molecule has 1 fully saturated rings. The van der Waals surface area contributed by atoms with Gasteiger partial charge in [-0.3, -0.25) is 0 Å². The molecule has 1 heterocycles. The number of ether oxygens (including phenoxy) is 1. The molecule has 0 aromatic rings. The Kier molecular flexibility index (Phi) is 3.98. The van der Waals surface area contributed by atoms with E-state index in [1.54, 1.807) is 0 Å². The van der Waals surface area contributed by atoms with Gasteiger partial charge in [-0.1, -0.05) is 0 Å². The monoisotopic (exact) mass is 172 g/mol. The fourth-order valence-electron chi connectivity index (χ4n) is 1.81. The highest BCUT2D eigenvalue weighted by Crippen LogP contribution is 2.21. The minimum absolute atomic E-state index is 0.613. The molecule has 1 aliphatic rings. The van der Waals surface area contributed by atoms with Crippen molar-refractivity contribution in [1.29, 1.82) is 0 Å². The maximum absolute atomic E-state index is 5.72. The van der Waals surface area contributed by atoms with Crippen LogP contribution in [0.25, 0.3) is 0 Å². The normalized spacial score (nSPS) is 26.5. The molecule has 0 bridgehead atoms. The lowest BCUT2D eigenvalue weighted by atomic mass is 9.91. The van der Waals surface area contributed by atoms with Crippen LogP contribution in [-0.4, -0.2) is 45.3 Å². The van der Waals surface area contributed by atoms with Gasteiger partial charge in [0.05, 0.1) is 0 Å². The van der Waals surface area contributed by atoms with Gasteiger partial charge in [0.15, 0.2) is 0 Å². The second kappa shape index (κ2) is 4.80. The first kappa shape index (κ1) is 9.96. The lowest BCUT2D eigenvalue weighted by Gasteiger charge is -2.23. The number of hydrogen-bond donors (Lipinski definition) is 1. The quantitative estimate of drug-likeness (QED) is 0.656. The molecule has 1 rings (SSSR count). The molecule has 1 saturated heterocycles. The average molecular weight is 172 g/mol. The van der Waals surface area contributed by atoms with Crippen LogP contribution in [0.4, 0.5) is 0 Å². The SMILES string of the molecule is CN(C)CC(CN)C1CCOC1. The Labute approximate surface area is 74.9 Å². The van der Waals surface area contributed by atoms with Crippen LogP contribution in [0.5, 0.6) is 0 Å². The van der Waals surface area contributed by atoms with Crippen molar-refractivity contribution in [3.8, 4) is 0 Å². The van der Waals surface area contributed by atoms with Gasteiger partial charge in [0.2, 0.25) is 0 Å². The van der Waals surface area contributed by atoms with E-state index in [1.807, 2.05) is 0 Å². The Balaban J connectivity index is 2.32. The minimum Gasteiger partial charge on any atom is -0.381 e. The summed E-state index contributed by atoms with van der Waals surface area (Å²) in [5, 5.41) is 0. The topological polar surface area (TPSA) is 38.5 Å². The van der Waals surface area contributed by atoms with E-state index < -0.39 is 0 Å². The first-order chi connectivity index (χ1) is 5.74. The third-order valence-electron chi connectivity index (χ3n) is 2.53. The highest BCUT2D eigenvalue weighted by Gasteiger charge is 2.24. The van der Waals surface area contributed by atoms with E-state index in [1.165, 1.54) is 6.42 Å². The maximum Gasteiger partial charge on any atom is 0.0498 e. The number of nitrogens with zero attached hydrogens (tertiary/aromatic N) is 1. The van der Waals surface area contributed by atoms with E-state index in [0.717, 1.165) is 26.3 Å². The van der Waals surface area contributed by atoms with Gasteiger partial charge in [-0.25, -0.2) is 0 Å². The van der Waals surface area contributed by atoms with Gasteiger partial charge in [-0.05, 0) is 38.9 Å². The van der Waals surface area contributed by atoms with Gasteiger partial charge in [0.1, 0.15) is 0 Å². The Morgan fingerprint density at radius 1 is 1.58 bits per heavy atom. The van der Waals surface area contributed by atoms with E-state index in [2.05, 4.69) is 19.0 Å². The van der Waals surface area contributed by atoms with E-state index >= 15 is 0 Å². The van der Waals surface area contributed by atoms with Crippen LogP contribution in [0.3, 0.4) is 0 Å². The van der Waals surface area contributed by atoms with Crippen molar-refractivity contribution < 1.29 is 4.74 Å². The van der Waals surface area contributed by atoms with Crippen LogP contribution in [-0.2, 0) is 4.74 Å². The molecule has 2 N–H and O–H groups in total. The summed E-state index contributed by atoms with van der Waals surface area (Å²) >= 11 is 0. The van der Waals surface area contributed by atoms with E-state index in [4.69, 9.17) is 10.5 Å².